The van der Waals surface area contributed by atoms with Gasteiger partial charge in [0.2, 0.25) is 0 Å². The van der Waals surface area contributed by atoms with Crippen LogP contribution in [-0.2, 0) is 0 Å². The third-order valence-electron chi connectivity index (χ3n) is 4.69. The maximum atomic E-state index is 8.58. The van der Waals surface area contributed by atoms with Gasteiger partial charge in [0.1, 0.15) is 30.2 Å². The standard InChI is InChI=1S/C12H10O2S.C6H7BO2.C6H5BrO2S/c1-2-4-9(5-3-1)12-11-10(8-15-12)13-6-7-14-11;8-7(9)6-4-2-1-3-5-6;7-6-5-4(3-10-6)8-1-2-9-5/h1-5,8H,6-7H2;1-5,8-9H;3H,1-2H2. The van der Waals surface area contributed by atoms with Crippen molar-refractivity contribution >= 4 is 51.2 Å². The zero-order valence-electron chi connectivity index (χ0n) is 18.1. The molecule has 0 atom stereocenters. The smallest absolute Gasteiger partial charge is 0.485 e. The Balaban J connectivity index is 0.000000127. The van der Waals surface area contributed by atoms with Crippen molar-refractivity contribution in [3.05, 3.63) is 75.2 Å². The van der Waals surface area contributed by atoms with E-state index < -0.39 is 7.12 Å². The van der Waals surface area contributed by atoms with Gasteiger partial charge >= 0.3 is 7.12 Å². The fraction of sp³-hybridized carbons (Fsp3) is 0.167. The highest BCUT2D eigenvalue weighted by molar-refractivity contribution is 9.11. The number of benzene rings is 2. The summed E-state index contributed by atoms with van der Waals surface area (Å²) in [6, 6.07) is 18.9. The summed E-state index contributed by atoms with van der Waals surface area (Å²) in [5.74, 6) is 3.50. The van der Waals surface area contributed by atoms with Crippen LogP contribution in [0.25, 0.3) is 10.4 Å². The highest BCUT2D eigenvalue weighted by Crippen LogP contribution is 2.45. The Morgan fingerprint density at radius 2 is 1.21 bits per heavy atom. The van der Waals surface area contributed by atoms with Crippen LogP contribution < -0.4 is 24.4 Å². The van der Waals surface area contributed by atoms with Gasteiger partial charge in [0.15, 0.2) is 23.0 Å². The first-order valence-electron chi connectivity index (χ1n) is 10.5. The molecule has 0 radical (unpaired) electrons. The van der Waals surface area contributed by atoms with Crippen molar-refractivity contribution in [2.45, 2.75) is 0 Å². The van der Waals surface area contributed by atoms with Crippen LogP contribution in [0.5, 0.6) is 23.0 Å². The topological polar surface area (TPSA) is 77.4 Å². The molecule has 0 unspecified atom stereocenters. The molecule has 0 aliphatic carbocycles. The third kappa shape index (κ3) is 6.34. The van der Waals surface area contributed by atoms with Crippen molar-refractivity contribution in [3.8, 4) is 33.4 Å². The molecule has 0 fully saturated rings. The fourth-order valence-corrected chi connectivity index (χ4v) is 5.29. The lowest BCUT2D eigenvalue weighted by molar-refractivity contribution is 0.172. The van der Waals surface area contributed by atoms with E-state index in [0.717, 1.165) is 31.7 Å². The predicted molar refractivity (Wildman–Crippen MR) is 140 cm³/mol. The lowest BCUT2D eigenvalue weighted by Crippen LogP contribution is -2.29. The van der Waals surface area contributed by atoms with Gasteiger partial charge in [0.25, 0.3) is 0 Å². The molecule has 0 bridgehead atoms. The molecule has 10 heteroatoms. The Kier molecular flexibility index (Phi) is 8.89. The first-order chi connectivity index (χ1) is 16.6. The number of hydrogen-bond acceptors (Lipinski definition) is 8. The second kappa shape index (κ2) is 12.3. The molecule has 0 spiro atoms. The molecule has 2 aliphatic heterocycles. The Morgan fingerprint density at radius 1 is 0.676 bits per heavy atom. The normalized spacial score (nSPS) is 13.0. The summed E-state index contributed by atoms with van der Waals surface area (Å²) >= 11 is 6.62. The fourth-order valence-electron chi connectivity index (χ4n) is 3.11. The maximum Gasteiger partial charge on any atom is 0.488 e. The number of hydrogen-bond donors (Lipinski definition) is 2. The van der Waals surface area contributed by atoms with Gasteiger partial charge in [-0.1, -0.05) is 60.7 Å². The van der Waals surface area contributed by atoms with Crippen LogP contribution in [-0.4, -0.2) is 43.6 Å². The minimum absolute atomic E-state index is 0.525. The quantitative estimate of drug-likeness (QED) is 0.342. The Labute approximate surface area is 214 Å². The molecule has 2 N–H and O–H groups in total. The van der Waals surface area contributed by atoms with E-state index >= 15 is 0 Å². The molecule has 0 saturated heterocycles. The van der Waals surface area contributed by atoms with Crippen LogP contribution in [0.2, 0.25) is 0 Å². The van der Waals surface area contributed by atoms with E-state index in [4.69, 9.17) is 29.0 Å². The molecular formula is C24H22BBrO6S2. The monoisotopic (exact) mass is 560 g/mol. The van der Waals surface area contributed by atoms with Crippen LogP contribution in [0, 0.1) is 0 Å². The van der Waals surface area contributed by atoms with Gasteiger partial charge in [-0.15, -0.1) is 22.7 Å². The average molecular weight is 561 g/mol. The lowest BCUT2D eigenvalue weighted by Gasteiger charge is -2.15. The molecule has 4 aromatic rings. The highest BCUT2D eigenvalue weighted by atomic mass is 79.9. The second-order valence-corrected chi connectivity index (χ2v) is 10.1. The van der Waals surface area contributed by atoms with Crippen LogP contribution in [0.1, 0.15) is 0 Å². The number of rotatable bonds is 2. The van der Waals surface area contributed by atoms with E-state index in [1.165, 1.54) is 5.56 Å². The summed E-state index contributed by atoms with van der Waals surface area (Å²) < 4.78 is 22.8. The van der Waals surface area contributed by atoms with Crippen LogP contribution in [0.3, 0.4) is 0 Å². The average Bonchev–Trinajstić information content (AvgIpc) is 3.50. The van der Waals surface area contributed by atoms with Gasteiger partial charge in [-0.2, -0.15) is 0 Å². The van der Waals surface area contributed by atoms with Gasteiger partial charge in [-0.25, -0.2) is 0 Å². The Morgan fingerprint density at radius 3 is 1.79 bits per heavy atom. The predicted octanol–water partition coefficient (Wildman–Crippen LogP) is 4.83. The van der Waals surface area contributed by atoms with E-state index in [9.17, 15) is 0 Å². The van der Waals surface area contributed by atoms with Gasteiger partial charge in [0, 0.05) is 10.8 Å². The molecule has 2 aromatic heterocycles. The van der Waals surface area contributed by atoms with E-state index in [1.54, 1.807) is 46.9 Å². The zero-order chi connectivity index (χ0) is 23.8. The zero-order valence-corrected chi connectivity index (χ0v) is 21.3. The molecule has 4 heterocycles. The summed E-state index contributed by atoms with van der Waals surface area (Å²) in [6.45, 7) is 2.61. The van der Waals surface area contributed by atoms with Gasteiger partial charge in [-0.05, 0) is 27.0 Å². The second-order valence-electron chi connectivity index (χ2n) is 7.01. The minimum Gasteiger partial charge on any atom is -0.485 e. The van der Waals surface area contributed by atoms with Gasteiger partial charge < -0.3 is 29.0 Å². The number of halogens is 1. The van der Waals surface area contributed by atoms with Crippen molar-refractivity contribution in [1.29, 1.82) is 0 Å². The Bertz CT molecular complexity index is 1170. The third-order valence-corrected chi connectivity index (χ3v) is 7.33. The van der Waals surface area contributed by atoms with Crippen LogP contribution in [0.15, 0.2) is 75.2 Å². The minimum atomic E-state index is -1.34. The maximum absolute atomic E-state index is 8.58. The molecule has 0 amide bonds. The molecular weight excluding hydrogens is 539 g/mol. The van der Waals surface area contributed by atoms with Crippen molar-refractivity contribution in [1.82, 2.24) is 0 Å². The summed E-state index contributed by atoms with van der Waals surface area (Å²) in [5, 5.41) is 21.1. The van der Waals surface area contributed by atoms with E-state index in [-0.39, 0.29) is 0 Å². The SMILES string of the molecule is Brc1scc2c1OCCO2.OB(O)c1ccccc1.c1ccc(-c2scc3c2OCCO3)cc1. The molecule has 176 valence electrons. The van der Waals surface area contributed by atoms with Crippen molar-refractivity contribution < 1.29 is 29.0 Å². The van der Waals surface area contributed by atoms with Gasteiger partial charge in [0.05, 0.1) is 4.88 Å². The number of fused-ring (bicyclic) bond motifs is 2. The first kappa shape index (κ1) is 24.6. The molecule has 0 saturated carbocycles. The van der Waals surface area contributed by atoms with Crippen molar-refractivity contribution in [2.75, 3.05) is 26.4 Å². The van der Waals surface area contributed by atoms with Crippen molar-refractivity contribution in [3.63, 3.8) is 0 Å². The summed E-state index contributed by atoms with van der Waals surface area (Å²) in [5.41, 5.74) is 1.71. The lowest BCUT2D eigenvalue weighted by atomic mass is 9.81. The molecule has 6 nitrogen and oxygen atoms in total. The summed E-state index contributed by atoms with van der Waals surface area (Å²) in [7, 11) is -1.34. The molecule has 2 aliphatic rings. The molecule has 2 aromatic carbocycles. The van der Waals surface area contributed by atoms with E-state index in [1.807, 2.05) is 35.0 Å². The summed E-state index contributed by atoms with van der Waals surface area (Å²) in [4.78, 5) is 1.16. The van der Waals surface area contributed by atoms with E-state index in [2.05, 4.69) is 28.1 Å². The summed E-state index contributed by atoms with van der Waals surface area (Å²) in [6.07, 6.45) is 0. The van der Waals surface area contributed by atoms with Crippen LogP contribution in [0.4, 0.5) is 0 Å². The number of thiophene rings is 2. The van der Waals surface area contributed by atoms with Crippen LogP contribution >= 0.6 is 38.6 Å². The highest BCUT2D eigenvalue weighted by Gasteiger charge is 2.19. The number of ether oxygens (including phenoxy) is 4. The molecule has 34 heavy (non-hydrogen) atoms. The molecule has 6 rings (SSSR count). The van der Waals surface area contributed by atoms with Gasteiger partial charge in [-0.3, -0.25) is 0 Å². The largest absolute Gasteiger partial charge is 0.488 e. The Hall–Kier alpha value is -2.50. The first-order valence-corrected chi connectivity index (χ1v) is 13.0. The van der Waals surface area contributed by atoms with Crippen molar-refractivity contribution in [2.24, 2.45) is 0 Å². The van der Waals surface area contributed by atoms with E-state index in [0.29, 0.717) is 31.9 Å².